The highest BCUT2D eigenvalue weighted by molar-refractivity contribution is 14.0. The molecule has 0 saturated carbocycles. The summed E-state index contributed by atoms with van der Waals surface area (Å²) < 4.78 is 2.25. The van der Waals surface area contributed by atoms with Crippen molar-refractivity contribution in [2.24, 2.45) is 4.99 Å². The van der Waals surface area contributed by atoms with Crippen LogP contribution in [-0.2, 0) is 13.0 Å². The normalized spacial score (nSPS) is 12.4. The summed E-state index contributed by atoms with van der Waals surface area (Å²) in [6, 6.07) is 18.2. The van der Waals surface area contributed by atoms with Crippen LogP contribution in [0.3, 0.4) is 0 Å². The number of aliphatic hydroxyl groups is 1. The molecule has 3 rings (SSSR count). The molecular formula is C23H32IN5O. The fourth-order valence-electron chi connectivity index (χ4n) is 3.41. The second-order valence-electron chi connectivity index (χ2n) is 7.14. The van der Waals surface area contributed by atoms with E-state index < -0.39 is 6.10 Å². The van der Waals surface area contributed by atoms with Crippen molar-refractivity contribution in [1.29, 1.82) is 0 Å². The van der Waals surface area contributed by atoms with Gasteiger partial charge in [-0.2, -0.15) is 0 Å². The zero-order chi connectivity index (χ0) is 20.5. The highest BCUT2D eigenvalue weighted by Gasteiger charge is 2.07. The van der Waals surface area contributed by atoms with Gasteiger partial charge in [-0.3, -0.25) is 4.99 Å². The quantitative estimate of drug-likeness (QED) is 0.175. The minimum atomic E-state index is -0.493. The summed E-state index contributed by atoms with van der Waals surface area (Å²) in [4.78, 5) is 9.16. The zero-order valence-corrected chi connectivity index (χ0v) is 20.0. The van der Waals surface area contributed by atoms with E-state index in [0.717, 1.165) is 48.9 Å². The third-order valence-corrected chi connectivity index (χ3v) is 4.81. The number of aryl methyl sites for hydroxylation is 2. The Balaban J connectivity index is 0.00000320. The van der Waals surface area contributed by atoms with Gasteiger partial charge in [0.1, 0.15) is 5.82 Å². The number of benzene rings is 2. The van der Waals surface area contributed by atoms with Gasteiger partial charge in [0.05, 0.1) is 23.7 Å². The molecule has 2 aromatic carbocycles. The van der Waals surface area contributed by atoms with Crippen molar-refractivity contribution < 1.29 is 5.11 Å². The van der Waals surface area contributed by atoms with Crippen molar-refractivity contribution in [3.05, 3.63) is 66.0 Å². The molecule has 0 saturated heterocycles. The maximum absolute atomic E-state index is 10.3. The Bertz CT molecular complexity index is 926. The molecule has 0 radical (unpaired) electrons. The number of imidazole rings is 1. The van der Waals surface area contributed by atoms with E-state index in [4.69, 9.17) is 0 Å². The van der Waals surface area contributed by atoms with Crippen LogP contribution in [0.4, 0.5) is 0 Å². The molecule has 7 heteroatoms. The van der Waals surface area contributed by atoms with Gasteiger partial charge in [-0.25, -0.2) is 4.98 Å². The smallest absolute Gasteiger partial charge is 0.191 e. The van der Waals surface area contributed by atoms with Crippen LogP contribution in [0.15, 0.2) is 59.6 Å². The monoisotopic (exact) mass is 521 g/mol. The zero-order valence-electron chi connectivity index (χ0n) is 17.7. The van der Waals surface area contributed by atoms with E-state index in [9.17, 15) is 5.11 Å². The van der Waals surface area contributed by atoms with Crippen LogP contribution < -0.4 is 10.6 Å². The van der Waals surface area contributed by atoms with E-state index in [2.05, 4.69) is 37.3 Å². The second kappa shape index (κ2) is 12.5. The first kappa shape index (κ1) is 24.1. The average molecular weight is 521 g/mol. The van der Waals surface area contributed by atoms with Crippen molar-refractivity contribution in [2.75, 3.05) is 19.6 Å². The van der Waals surface area contributed by atoms with E-state index in [1.807, 2.05) is 56.3 Å². The molecule has 0 aliphatic carbocycles. The molecule has 1 heterocycles. The van der Waals surface area contributed by atoms with E-state index in [1.165, 1.54) is 5.52 Å². The third kappa shape index (κ3) is 6.98. The molecule has 0 aliphatic rings. The Labute approximate surface area is 195 Å². The van der Waals surface area contributed by atoms with Crippen molar-refractivity contribution in [1.82, 2.24) is 20.2 Å². The molecular weight excluding hydrogens is 489 g/mol. The first-order valence-corrected chi connectivity index (χ1v) is 10.3. The van der Waals surface area contributed by atoms with E-state index >= 15 is 0 Å². The number of aliphatic hydroxyl groups excluding tert-OH is 1. The van der Waals surface area contributed by atoms with Gasteiger partial charge in [0.2, 0.25) is 0 Å². The Morgan fingerprint density at radius 1 is 1.10 bits per heavy atom. The molecule has 0 bridgehead atoms. The van der Waals surface area contributed by atoms with Gasteiger partial charge >= 0.3 is 0 Å². The lowest BCUT2D eigenvalue weighted by atomic mass is 10.1. The van der Waals surface area contributed by atoms with Crippen LogP contribution in [0, 0.1) is 6.92 Å². The Kier molecular flexibility index (Phi) is 10.1. The van der Waals surface area contributed by atoms with Crippen molar-refractivity contribution in [3.8, 4) is 0 Å². The largest absolute Gasteiger partial charge is 0.391 e. The predicted molar refractivity (Wildman–Crippen MR) is 135 cm³/mol. The molecule has 3 N–H and O–H groups in total. The molecule has 162 valence electrons. The summed E-state index contributed by atoms with van der Waals surface area (Å²) in [5.74, 6) is 1.78. The van der Waals surface area contributed by atoms with Crippen molar-refractivity contribution in [3.63, 3.8) is 0 Å². The van der Waals surface area contributed by atoms with Crippen LogP contribution >= 0.6 is 24.0 Å². The maximum Gasteiger partial charge on any atom is 0.191 e. The molecule has 0 aliphatic heterocycles. The number of rotatable bonds is 9. The van der Waals surface area contributed by atoms with Crippen LogP contribution in [-0.4, -0.2) is 46.4 Å². The van der Waals surface area contributed by atoms with Gasteiger partial charge in [0.15, 0.2) is 5.96 Å². The first-order chi connectivity index (χ1) is 14.2. The van der Waals surface area contributed by atoms with Gasteiger partial charge < -0.3 is 20.3 Å². The lowest BCUT2D eigenvalue weighted by molar-refractivity contribution is 0.183. The highest BCUT2D eigenvalue weighted by atomic mass is 127. The Hall–Kier alpha value is -2.13. The first-order valence-electron chi connectivity index (χ1n) is 10.3. The second-order valence-corrected chi connectivity index (χ2v) is 7.14. The molecule has 1 atom stereocenters. The summed E-state index contributed by atoms with van der Waals surface area (Å²) in [6.45, 7) is 6.94. The number of hydrogen-bond acceptors (Lipinski definition) is 3. The topological polar surface area (TPSA) is 74.5 Å². The number of para-hydroxylation sites is 2. The summed E-state index contributed by atoms with van der Waals surface area (Å²) in [7, 11) is 0. The number of fused-ring (bicyclic) bond motifs is 1. The molecule has 1 aromatic heterocycles. The van der Waals surface area contributed by atoms with E-state index in [1.54, 1.807) is 0 Å². The van der Waals surface area contributed by atoms with Crippen molar-refractivity contribution in [2.45, 2.75) is 39.3 Å². The van der Waals surface area contributed by atoms with Crippen LogP contribution in [0.1, 0.15) is 24.7 Å². The van der Waals surface area contributed by atoms with Crippen LogP contribution in [0.5, 0.6) is 0 Å². The summed E-state index contributed by atoms with van der Waals surface area (Å²) in [5, 5.41) is 16.9. The number of aliphatic imine (C=N–C) groups is 1. The molecule has 0 fully saturated rings. The Morgan fingerprint density at radius 3 is 2.60 bits per heavy atom. The van der Waals surface area contributed by atoms with Crippen LogP contribution in [0.2, 0.25) is 0 Å². The minimum Gasteiger partial charge on any atom is -0.391 e. The molecule has 3 aromatic rings. The van der Waals surface area contributed by atoms with Gasteiger partial charge in [0.25, 0.3) is 0 Å². The molecule has 30 heavy (non-hydrogen) atoms. The number of nitrogens with zero attached hydrogens (tertiary/aromatic N) is 3. The number of guanidine groups is 1. The van der Waals surface area contributed by atoms with Gasteiger partial charge in [-0.1, -0.05) is 42.5 Å². The third-order valence-electron chi connectivity index (χ3n) is 4.81. The number of hydrogen-bond donors (Lipinski definition) is 3. The lowest BCUT2D eigenvalue weighted by Gasteiger charge is -2.14. The SMILES string of the molecule is CCNC(=NCC(O)Cc1ccccc1)NCCCn1c(C)nc2ccccc21.I. The highest BCUT2D eigenvalue weighted by Crippen LogP contribution is 2.15. The van der Waals surface area contributed by atoms with Gasteiger partial charge in [-0.15, -0.1) is 24.0 Å². The molecule has 0 amide bonds. The minimum absolute atomic E-state index is 0. The molecule has 0 spiro atoms. The van der Waals surface area contributed by atoms with Crippen LogP contribution in [0.25, 0.3) is 11.0 Å². The lowest BCUT2D eigenvalue weighted by Crippen LogP contribution is -2.38. The van der Waals surface area contributed by atoms with Gasteiger partial charge in [-0.05, 0) is 38.0 Å². The molecule has 1 unspecified atom stereocenters. The maximum atomic E-state index is 10.3. The summed E-state index contributed by atoms with van der Waals surface area (Å²) in [5.41, 5.74) is 3.34. The van der Waals surface area contributed by atoms with E-state index in [0.29, 0.717) is 13.0 Å². The molecule has 6 nitrogen and oxygen atoms in total. The summed E-state index contributed by atoms with van der Waals surface area (Å²) >= 11 is 0. The van der Waals surface area contributed by atoms with Crippen molar-refractivity contribution >= 4 is 41.0 Å². The Morgan fingerprint density at radius 2 is 1.83 bits per heavy atom. The number of nitrogens with one attached hydrogen (secondary N) is 2. The number of aromatic nitrogens is 2. The predicted octanol–water partition coefficient (Wildman–Crippen LogP) is 3.51. The summed E-state index contributed by atoms with van der Waals surface area (Å²) in [6.07, 6.45) is 1.07. The fraction of sp³-hybridized carbons (Fsp3) is 0.391. The number of halogens is 1. The fourth-order valence-corrected chi connectivity index (χ4v) is 3.41. The van der Waals surface area contributed by atoms with Gasteiger partial charge in [0, 0.05) is 26.1 Å². The average Bonchev–Trinajstić information content (AvgIpc) is 3.05. The standard InChI is InChI=1S/C23H31N5O.HI/c1-3-24-23(26-17-20(29)16-19-10-5-4-6-11-19)25-14-9-15-28-18(2)27-21-12-7-8-13-22(21)28;/h4-8,10-13,20,29H,3,9,14-17H2,1-2H3,(H2,24,25,26);1H. The van der Waals surface area contributed by atoms with E-state index in [-0.39, 0.29) is 24.0 Å².